The van der Waals surface area contributed by atoms with Crippen LogP contribution < -0.4 is 10.6 Å². The van der Waals surface area contributed by atoms with Crippen LogP contribution in [0.4, 0.5) is 0 Å². The smallest absolute Gasteiger partial charge is 0.234 e. The fourth-order valence-corrected chi connectivity index (χ4v) is 3.90. The largest absolute Gasteiger partial charge is 0.356 e. The second kappa shape index (κ2) is 9.40. The van der Waals surface area contributed by atoms with Crippen LogP contribution in [0.5, 0.6) is 0 Å². The number of nitrogens with one attached hydrogen (secondary N) is 2. The van der Waals surface area contributed by atoms with E-state index in [2.05, 4.69) is 22.5 Å². The Hall–Kier alpha value is -1.10. The molecule has 3 atom stereocenters. The van der Waals surface area contributed by atoms with E-state index in [0.29, 0.717) is 24.4 Å². The Morgan fingerprint density at radius 2 is 1.88 bits per heavy atom. The molecule has 0 aromatic rings. The van der Waals surface area contributed by atoms with E-state index in [-0.39, 0.29) is 17.7 Å². The first-order chi connectivity index (χ1) is 11.5. The topological polar surface area (TPSA) is 61.4 Å². The van der Waals surface area contributed by atoms with Gasteiger partial charge in [0.05, 0.1) is 6.54 Å². The molecule has 2 fully saturated rings. The Morgan fingerprint density at radius 3 is 2.58 bits per heavy atom. The lowest BCUT2D eigenvalue weighted by Crippen LogP contribution is -2.48. The summed E-state index contributed by atoms with van der Waals surface area (Å²) in [4.78, 5) is 26.3. The van der Waals surface area contributed by atoms with Gasteiger partial charge in [-0.15, -0.1) is 0 Å². The summed E-state index contributed by atoms with van der Waals surface area (Å²) in [6.07, 6.45) is 7.12. The van der Waals surface area contributed by atoms with Crippen molar-refractivity contribution in [3.8, 4) is 0 Å². The molecule has 2 rings (SSSR count). The first-order valence-corrected chi connectivity index (χ1v) is 9.75. The zero-order valence-corrected chi connectivity index (χ0v) is 15.6. The van der Waals surface area contributed by atoms with Crippen LogP contribution in [0.15, 0.2) is 0 Å². The fraction of sp³-hybridized carbons (Fsp3) is 0.895. The van der Waals surface area contributed by atoms with E-state index in [1.807, 2.05) is 13.8 Å². The van der Waals surface area contributed by atoms with Crippen molar-refractivity contribution in [3.63, 3.8) is 0 Å². The van der Waals surface area contributed by atoms with Gasteiger partial charge in [-0.05, 0) is 44.1 Å². The molecule has 5 heteroatoms. The Morgan fingerprint density at radius 1 is 1.12 bits per heavy atom. The van der Waals surface area contributed by atoms with Gasteiger partial charge in [-0.3, -0.25) is 14.5 Å². The van der Waals surface area contributed by atoms with E-state index in [1.165, 1.54) is 19.3 Å². The third-order valence-corrected chi connectivity index (χ3v) is 5.52. The van der Waals surface area contributed by atoms with Crippen molar-refractivity contribution in [2.24, 2.45) is 17.8 Å². The second-order valence-electron chi connectivity index (χ2n) is 8.08. The van der Waals surface area contributed by atoms with Gasteiger partial charge in [0.15, 0.2) is 0 Å². The number of hydrogen-bond acceptors (Lipinski definition) is 3. The minimum Gasteiger partial charge on any atom is -0.356 e. The van der Waals surface area contributed by atoms with Gasteiger partial charge in [0.25, 0.3) is 0 Å². The SMILES string of the molecule is CC(C)C(=O)NC[C@@H]1CCCN(CC(=O)N[C@@H]2CCCC[C@@H]2C)C1. The Kier molecular flexibility index (Phi) is 7.53. The number of hydrogen-bond donors (Lipinski definition) is 2. The number of piperidine rings is 1. The molecule has 138 valence electrons. The molecule has 1 saturated carbocycles. The Labute approximate surface area is 146 Å². The van der Waals surface area contributed by atoms with Gasteiger partial charge in [0.2, 0.25) is 11.8 Å². The number of amides is 2. The molecule has 0 radical (unpaired) electrons. The summed E-state index contributed by atoms with van der Waals surface area (Å²) >= 11 is 0. The fourth-order valence-electron chi connectivity index (χ4n) is 3.90. The van der Waals surface area contributed by atoms with E-state index >= 15 is 0 Å². The van der Waals surface area contributed by atoms with E-state index in [0.717, 1.165) is 38.9 Å². The highest BCUT2D eigenvalue weighted by molar-refractivity contribution is 5.78. The summed E-state index contributed by atoms with van der Waals surface area (Å²) in [7, 11) is 0. The highest BCUT2D eigenvalue weighted by Gasteiger charge is 2.25. The monoisotopic (exact) mass is 337 g/mol. The zero-order valence-electron chi connectivity index (χ0n) is 15.6. The normalized spacial score (nSPS) is 28.6. The molecular weight excluding hydrogens is 302 g/mol. The summed E-state index contributed by atoms with van der Waals surface area (Å²) in [5, 5.41) is 6.28. The van der Waals surface area contributed by atoms with Crippen LogP contribution in [0.2, 0.25) is 0 Å². The van der Waals surface area contributed by atoms with Crippen LogP contribution in [0.25, 0.3) is 0 Å². The van der Waals surface area contributed by atoms with Crippen LogP contribution in [0.1, 0.15) is 59.3 Å². The molecular formula is C19H35N3O2. The molecule has 1 aliphatic heterocycles. The van der Waals surface area contributed by atoms with Crippen LogP contribution in [-0.2, 0) is 9.59 Å². The molecule has 0 aromatic carbocycles. The van der Waals surface area contributed by atoms with Gasteiger partial charge >= 0.3 is 0 Å². The third-order valence-electron chi connectivity index (χ3n) is 5.52. The van der Waals surface area contributed by atoms with E-state index in [9.17, 15) is 9.59 Å². The third kappa shape index (κ3) is 6.08. The molecule has 5 nitrogen and oxygen atoms in total. The van der Waals surface area contributed by atoms with Gasteiger partial charge in [0.1, 0.15) is 0 Å². The lowest BCUT2D eigenvalue weighted by Gasteiger charge is -2.34. The molecule has 24 heavy (non-hydrogen) atoms. The average molecular weight is 338 g/mol. The van der Waals surface area contributed by atoms with Gasteiger partial charge in [0, 0.05) is 25.0 Å². The van der Waals surface area contributed by atoms with Crippen LogP contribution in [-0.4, -0.2) is 48.9 Å². The number of likely N-dealkylation sites (tertiary alicyclic amines) is 1. The highest BCUT2D eigenvalue weighted by atomic mass is 16.2. The van der Waals surface area contributed by atoms with Crippen molar-refractivity contribution in [3.05, 3.63) is 0 Å². The lowest BCUT2D eigenvalue weighted by molar-refractivity contribution is -0.125. The Bertz CT molecular complexity index is 425. The molecule has 1 saturated heterocycles. The van der Waals surface area contributed by atoms with Crippen molar-refractivity contribution in [2.75, 3.05) is 26.2 Å². The summed E-state index contributed by atoms with van der Waals surface area (Å²) in [6, 6.07) is 0.358. The van der Waals surface area contributed by atoms with Crippen LogP contribution in [0.3, 0.4) is 0 Å². The molecule has 2 amide bonds. The number of carbonyl (C=O) groups excluding carboxylic acids is 2. The summed E-state index contributed by atoms with van der Waals surface area (Å²) < 4.78 is 0. The maximum atomic E-state index is 12.4. The summed E-state index contributed by atoms with van der Waals surface area (Å²) in [5.74, 6) is 1.38. The van der Waals surface area contributed by atoms with Crippen LogP contribution >= 0.6 is 0 Å². The van der Waals surface area contributed by atoms with E-state index in [1.54, 1.807) is 0 Å². The van der Waals surface area contributed by atoms with Crippen LogP contribution in [0, 0.1) is 17.8 Å². The maximum Gasteiger partial charge on any atom is 0.234 e. The lowest BCUT2D eigenvalue weighted by atomic mass is 9.86. The molecule has 0 unspecified atom stereocenters. The predicted molar refractivity (Wildman–Crippen MR) is 96.6 cm³/mol. The number of nitrogens with zero attached hydrogens (tertiary/aromatic N) is 1. The average Bonchev–Trinajstić information content (AvgIpc) is 2.55. The zero-order chi connectivity index (χ0) is 17.5. The van der Waals surface area contributed by atoms with E-state index < -0.39 is 0 Å². The molecule has 0 bridgehead atoms. The van der Waals surface area contributed by atoms with Crippen molar-refractivity contribution in [2.45, 2.75) is 65.3 Å². The van der Waals surface area contributed by atoms with Gasteiger partial charge in [-0.2, -0.15) is 0 Å². The van der Waals surface area contributed by atoms with Gasteiger partial charge < -0.3 is 10.6 Å². The van der Waals surface area contributed by atoms with Crippen molar-refractivity contribution in [1.29, 1.82) is 0 Å². The molecule has 0 aromatic heterocycles. The Balaban J connectivity index is 1.71. The highest BCUT2D eigenvalue weighted by Crippen LogP contribution is 2.23. The summed E-state index contributed by atoms with van der Waals surface area (Å²) in [6.45, 7) is 9.21. The first kappa shape index (κ1) is 19.2. The molecule has 1 aliphatic carbocycles. The van der Waals surface area contributed by atoms with Crippen molar-refractivity contribution >= 4 is 11.8 Å². The standard InChI is InChI=1S/C19H35N3O2/c1-14(2)19(24)20-11-16-8-6-10-22(12-16)13-18(23)21-17-9-5-4-7-15(17)3/h14-17H,4-13H2,1-3H3,(H,20,24)(H,21,23)/t15-,16-,17+/m0/s1. The number of carbonyl (C=O) groups is 2. The quantitative estimate of drug-likeness (QED) is 0.781. The second-order valence-corrected chi connectivity index (χ2v) is 8.08. The predicted octanol–water partition coefficient (Wildman–Crippen LogP) is 2.17. The molecule has 1 heterocycles. The molecule has 0 spiro atoms. The minimum atomic E-state index is 0.0351. The van der Waals surface area contributed by atoms with Gasteiger partial charge in [-0.1, -0.05) is 33.6 Å². The number of rotatable bonds is 6. The summed E-state index contributed by atoms with van der Waals surface area (Å²) in [5.41, 5.74) is 0. The van der Waals surface area contributed by atoms with Crippen molar-refractivity contribution < 1.29 is 9.59 Å². The van der Waals surface area contributed by atoms with E-state index in [4.69, 9.17) is 0 Å². The molecule has 2 aliphatic rings. The molecule has 2 N–H and O–H groups in total. The van der Waals surface area contributed by atoms with Crippen molar-refractivity contribution in [1.82, 2.24) is 15.5 Å². The first-order valence-electron chi connectivity index (χ1n) is 9.75. The maximum absolute atomic E-state index is 12.4. The van der Waals surface area contributed by atoms with Gasteiger partial charge in [-0.25, -0.2) is 0 Å². The minimum absolute atomic E-state index is 0.0351.